The quantitative estimate of drug-likeness (QED) is 0.647. The second-order valence-corrected chi connectivity index (χ2v) is 2.39. The normalized spacial score (nSPS) is 11.3. The number of alkyl halides is 3. The molecular weight excluding hydrogens is 181 g/mol. The van der Waals surface area contributed by atoms with Crippen molar-refractivity contribution in [2.24, 2.45) is 0 Å². The van der Waals surface area contributed by atoms with Gasteiger partial charge < -0.3 is 4.42 Å². The molecule has 4 heteroatoms. The van der Waals surface area contributed by atoms with Crippen LogP contribution in [0.4, 0.5) is 13.2 Å². The van der Waals surface area contributed by atoms with Crippen molar-refractivity contribution in [1.29, 1.82) is 0 Å². The van der Waals surface area contributed by atoms with Gasteiger partial charge in [0.15, 0.2) is 0 Å². The van der Waals surface area contributed by atoms with E-state index in [1.165, 1.54) is 12.1 Å². The number of hydrogen-bond acceptors (Lipinski definition) is 1. The highest BCUT2D eigenvalue weighted by atomic mass is 19.4. The van der Waals surface area contributed by atoms with Crippen molar-refractivity contribution in [2.45, 2.75) is 6.18 Å². The van der Waals surface area contributed by atoms with Crippen LogP contribution in [-0.2, 0) is 6.18 Å². The van der Waals surface area contributed by atoms with Crippen LogP contribution in [0.5, 0.6) is 0 Å². The van der Waals surface area contributed by atoms with E-state index in [-0.39, 0.29) is 5.76 Å². The molecule has 70 valence electrons. The lowest BCUT2D eigenvalue weighted by atomic mass is 10.2. The molecular formula is C9H7F3O. The van der Waals surface area contributed by atoms with E-state index in [4.69, 9.17) is 0 Å². The Kier molecular flexibility index (Phi) is 2.32. The SMILES string of the molecule is C=CC(=C)c1ccc(C(F)(F)F)o1. The smallest absolute Gasteiger partial charge is 0.449 e. The Hall–Kier alpha value is -1.45. The first-order valence-electron chi connectivity index (χ1n) is 3.44. The summed E-state index contributed by atoms with van der Waals surface area (Å²) in [6, 6.07) is 2.08. The number of hydrogen-bond donors (Lipinski definition) is 0. The van der Waals surface area contributed by atoms with Crippen molar-refractivity contribution in [3.63, 3.8) is 0 Å². The maximum atomic E-state index is 12.0. The number of furan rings is 1. The second-order valence-electron chi connectivity index (χ2n) is 2.39. The first kappa shape index (κ1) is 9.64. The molecule has 0 N–H and O–H groups in total. The molecule has 0 aliphatic rings. The molecule has 0 bridgehead atoms. The minimum Gasteiger partial charge on any atom is -0.452 e. The Labute approximate surface area is 73.2 Å². The lowest BCUT2D eigenvalue weighted by molar-refractivity contribution is -0.153. The standard InChI is InChI=1S/C9H7F3O/c1-3-6(2)7-4-5-8(13-7)9(10,11)12/h3-5H,1-2H2. The average Bonchev–Trinajstić information content (AvgIpc) is 2.50. The fourth-order valence-corrected chi connectivity index (χ4v) is 0.763. The van der Waals surface area contributed by atoms with Gasteiger partial charge >= 0.3 is 6.18 Å². The van der Waals surface area contributed by atoms with Crippen molar-refractivity contribution in [1.82, 2.24) is 0 Å². The van der Waals surface area contributed by atoms with Gasteiger partial charge in [-0.25, -0.2) is 0 Å². The fraction of sp³-hybridized carbons (Fsp3) is 0.111. The molecule has 0 radical (unpaired) electrons. The van der Waals surface area contributed by atoms with Crippen molar-refractivity contribution in [2.75, 3.05) is 0 Å². The summed E-state index contributed by atoms with van der Waals surface area (Å²) in [5.41, 5.74) is 0.329. The molecule has 0 saturated heterocycles. The molecule has 0 fully saturated rings. The summed E-state index contributed by atoms with van der Waals surface area (Å²) in [6.45, 7) is 6.83. The predicted octanol–water partition coefficient (Wildman–Crippen LogP) is 3.50. The third-order valence-electron chi connectivity index (χ3n) is 1.45. The Morgan fingerprint density at radius 3 is 2.38 bits per heavy atom. The summed E-state index contributed by atoms with van der Waals surface area (Å²) in [7, 11) is 0. The van der Waals surface area contributed by atoms with Gasteiger partial charge in [0.05, 0.1) is 0 Å². The predicted molar refractivity (Wildman–Crippen MR) is 42.9 cm³/mol. The molecule has 1 aromatic rings. The van der Waals surface area contributed by atoms with Crippen molar-refractivity contribution in [3.05, 3.63) is 42.9 Å². The summed E-state index contributed by atoms with van der Waals surface area (Å²) in [5.74, 6) is -0.937. The van der Waals surface area contributed by atoms with Crippen molar-refractivity contribution < 1.29 is 17.6 Å². The van der Waals surface area contributed by atoms with Gasteiger partial charge in [0.1, 0.15) is 5.76 Å². The van der Waals surface area contributed by atoms with E-state index < -0.39 is 11.9 Å². The van der Waals surface area contributed by atoms with Gasteiger partial charge in [-0.15, -0.1) is 0 Å². The highest BCUT2D eigenvalue weighted by molar-refractivity contribution is 5.67. The Morgan fingerprint density at radius 1 is 1.38 bits per heavy atom. The van der Waals surface area contributed by atoms with Crippen LogP contribution in [0.15, 0.2) is 35.8 Å². The molecule has 1 aromatic heterocycles. The Morgan fingerprint density at radius 2 is 2.00 bits per heavy atom. The zero-order valence-corrected chi connectivity index (χ0v) is 6.69. The minimum atomic E-state index is -4.44. The fourth-order valence-electron chi connectivity index (χ4n) is 0.763. The summed E-state index contributed by atoms with van der Waals surface area (Å²) < 4.78 is 40.6. The Bertz CT molecular complexity index is 333. The lowest BCUT2D eigenvalue weighted by Gasteiger charge is -2.00. The van der Waals surface area contributed by atoms with E-state index in [9.17, 15) is 13.2 Å². The number of allylic oxidation sites excluding steroid dienone is 2. The monoisotopic (exact) mass is 188 g/mol. The van der Waals surface area contributed by atoms with Gasteiger partial charge in [0.25, 0.3) is 0 Å². The first-order valence-corrected chi connectivity index (χ1v) is 3.44. The van der Waals surface area contributed by atoms with Crippen LogP contribution in [0.25, 0.3) is 5.57 Å². The van der Waals surface area contributed by atoms with E-state index in [1.54, 1.807) is 0 Å². The van der Waals surface area contributed by atoms with Crippen molar-refractivity contribution >= 4 is 5.57 Å². The molecule has 13 heavy (non-hydrogen) atoms. The van der Waals surface area contributed by atoms with Gasteiger partial charge in [-0.05, 0) is 12.1 Å². The van der Waals surface area contributed by atoms with Gasteiger partial charge in [0, 0.05) is 5.57 Å². The highest BCUT2D eigenvalue weighted by Gasteiger charge is 2.34. The number of halogens is 3. The number of rotatable bonds is 2. The summed E-state index contributed by atoms with van der Waals surface area (Å²) >= 11 is 0. The molecule has 0 aromatic carbocycles. The molecule has 0 unspecified atom stereocenters. The molecule has 0 amide bonds. The van der Waals surface area contributed by atoms with Crippen LogP contribution in [0, 0.1) is 0 Å². The van der Waals surface area contributed by atoms with Crippen LogP contribution >= 0.6 is 0 Å². The molecule has 1 heterocycles. The van der Waals surface area contributed by atoms with E-state index in [0.29, 0.717) is 5.57 Å². The molecule has 1 nitrogen and oxygen atoms in total. The average molecular weight is 188 g/mol. The topological polar surface area (TPSA) is 13.1 Å². The highest BCUT2D eigenvalue weighted by Crippen LogP contribution is 2.32. The van der Waals surface area contributed by atoms with Crippen LogP contribution in [0.2, 0.25) is 0 Å². The largest absolute Gasteiger partial charge is 0.452 e. The molecule has 0 atom stereocenters. The van der Waals surface area contributed by atoms with Gasteiger partial charge in [-0.1, -0.05) is 19.2 Å². The lowest BCUT2D eigenvalue weighted by Crippen LogP contribution is -2.02. The first-order chi connectivity index (χ1) is 5.95. The third kappa shape index (κ3) is 2.02. The second kappa shape index (κ2) is 3.12. The third-order valence-corrected chi connectivity index (χ3v) is 1.45. The summed E-state index contributed by atoms with van der Waals surface area (Å²) in [5, 5.41) is 0. The maximum Gasteiger partial charge on any atom is 0.449 e. The zero-order chi connectivity index (χ0) is 10.1. The van der Waals surface area contributed by atoms with Crippen LogP contribution in [-0.4, -0.2) is 0 Å². The molecule has 0 aliphatic carbocycles. The van der Waals surface area contributed by atoms with E-state index in [0.717, 1.165) is 6.07 Å². The van der Waals surface area contributed by atoms with Crippen LogP contribution < -0.4 is 0 Å². The minimum absolute atomic E-state index is 0.0855. The molecule has 0 saturated carbocycles. The molecule has 0 aliphatic heterocycles. The van der Waals surface area contributed by atoms with Gasteiger partial charge in [-0.2, -0.15) is 13.2 Å². The van der Waals surface area contributed by atoms with E-state index in [1.807, 2.05) is 0 Å². The van der Waals surface area contributed by atoms with Crippen LogP contribution in [0.1, 0.15) is 11.5 Å². The summed E-state index contributed by atoms with van der Waals surface area (Å²) in [6.07, 6.45) is -3.11. The molecule has 0 spiro atoms. The van der Waals surface area contributed by atoms with E-state index >= 15 is 0 Å². The van der Waals surface area contributed by atoms with Crippen molar-refractivity contribution in [3.8, 4) is 0 Å². The van der Waals surface area contributed by atoms with E-state index in [2.05, 4.69) is 17.6 Å². The Balaban J connectivity index is 3.00. The van der Waals surface area contributed by atoms with Crippen LogP contribution in [0.3, 0.4) is 0 Å². The molecule has 1 rings (SSSR count). The maximum absolute atomic E-state index is 12.0. The zero-order valence-electron chi connectivity index (χ0n) is 6.69. The summed E-state index contributed by atoms with van der Waals surface area (Å²) in [4.78, 5) is 0. The van der Waals surface area contributed by atoms with Gasteiger partial charge in [0.2, 0.25) is 5.76 Å². The van der Waals surface area contributed by atoms with Gasteiger partial charge in [-0.3, -0.25) is 0 Å².